The van der Waals surface area contributed by atoms with Crippen LogP contribution in [0.1, 0.15) is 35.6 Å². The molecule has 3 nitrogen and oxygen atoms in total. The van der Waals surface area contributed by atoms with E-state index in [0.717, 1.165) is 40.9 Å². The molecule has 1 heterocycles. The van der Waals surface area contributed by atoms with E-state index in [-0.39, 0.29) is 0 Å². The van der Waals surface area contributed by atoms with Gasteiger partial charge in [0.15, 0.2) is 0 Å². The quantitative estimate of drug-likeness (QED) is 0.903. The molecule has 21 heavy (non-hydrogen) atoms. The molecule has 1 aromatic carbocycles. The van der Waals surface area contributed by atoms with Crippen molar-refractivity contribution in [2.45, 2.75) is 32.1 Å². The van der Waals surface area contributed by atoms with Gasteiger partial charge in [-0.05, 0) is 43.4 Å². The summed E-state index contributed by atoms with van der Waals surface area (Å²) < 4.78 is 0. The fourth-order valence-electron chi connectivity index (χ4n) is 2.91. The van der Waals surface area contributed by atoms with E-state index in [1.54, 1.807) is 0 Å². The molecule has 108 valence electrons. The summed E-state index contributed by atoms with van der Waals surface area (Å²) >= 11 is 6.36. The summed E-state index contributed by atoms with van der Waals surface area (Å²) in [6.07, 6.45) is 2.38. The van der Waals surface area contributed by atoms with Crippen LogP contribution in [0, 0.1) is 6.92 Å². The van der Waals surface area contributed by atoms with E-state index < -0.39 is 11.9 Å². The normalized spacial score (nSPS) is 17.3. The van der Waals surface area contributed by atoms with Crippen molar-refractivity contribution in [2.75, 3.05) is 0 Å². The van der Waals surface area contributed by atoms with Crippen molar-refractivity contribution in [1.82, 2.24) is 4.98 Å². The van der Waals surface area contributed by atoms with Gasteiger partial charge in [0.1, 0.15) is 0 Å². The van der Waals surface area contributed by atoms with E-state index in [0.29, 0.717) is 11.4 Å². The number of aliphatic carboxylic acids is 1. The molecule has 0 amide bonds. The second-order valence-corrected chi connectivity index (χ2v) is 5.83. The predicted molar refractivity (Wildman–Crippen MR) is 82.7 cm³/mol. The molecule has 1 aromatic heterocycles. The number of aryl methyl sites for hydroxylation is 2. The summed E-state index contributed by atoms with van der Waals surface area (Å²) in [4.78, 5) is 16.0. The summed E-state index contributed by atoms with van der Waals surface area (Å²) in [5.41, 5.74) is 4.47. The monoisotopic (exact) mass is 301 g/mol. The fraction of sp³-hybridized carbons (Fsp3) is 0.294. The number of carboxylic acid groups (broad SMARTS) is 1. The Morgan fingerprint density at radius 2 is 2.14 bits per heavy atom. The van der Waals surface area contributed by atoms with Crippen LogP contribution in [0.5, 0.6) is 0 Å². The highest BCUT2D eigenvalue weighted by Gasteiger charge is 2.27. The minimum Gasteiger partial charge on any atom is -0.481 e. The average Bonchev–Trinajstić information content (AvgIpc) is 2.48. The highest BCUT2D eigenvalue weighted by atomic mass is 35.5. The SMILES string of the molecule is Cc1cccc(-c2ccc3c(n2)CCCC3C(=O)O)c1Cl. The Morgan fingerprint density at radius 1 is 1.33 bits per heavy atom. The molecule has 1 atom stereocenters. The summed E-state index contributed by atoms with van der Waals surface area (Å²) in [5.74, 6) is -1.19. The van der Waals surface area contributed by atoms with Crippen LogP contribution in [0.15, 0.2) is 30.3 Å². The summed E-state index contributed by atoms with van der Waals surface area (Å²) in [7, 11) is 0. The maximum atomic E-state index is 11.3. The lowest BCUT2D eigenvalue weighted by Gasteiger charge is -2.22. The van der Waals surface area contributed by atoms with Crippen molar-refractivity contribution in [1.29, 1.82) is 0 Å². The zero-order chi connectivity index (χ0) is 15.0. The Balaban J connectivity index is 2.08. The number of hydrogen-bond donors (Lipinski definition) is 1. The first-order valence-corrected chi connectivity index (χ1v) is 7.44. The Kier molecular flexibility index (Phi) is 3.68. The van der Waals surface area contributed by atoms with Gasteiger partial charge in [-0.2, -0.15) is 0 Å². The van der Waals surface area contributed by atoms with Gasteiger partial charge in [0.05, 0.1) is 16.6 Å². The number of pyridine rings is 1. The Labute approximate surface area is 128 Å². The first-order chi connectivity index (χ1) is 10.1. The summed E-state index contributed by atoms with van der Waals surface area (Å²) in [6, 6.07) is 9.64. The number of halogens is 1. The number of hydrogen-bond acceptors (Lipinski definition) is 2. The molecule has 0 fully saturated rings. The molecule has 4 heteroatoms. The van der Waals surface area contributed by atoms with E-state index in [2.05, 4.69) is 4.98 Å². The van der Waals surface area contributed by atoms with Gasteiger partial charge in [0.2, 0.25) is 0 Å². The summed E-state index contributed by atoms with van der Waals surface area (Å²) in [5, 5.41) is 10.0. The third kappa shape index (κ3) is 2.54. The number of aromatic nitrogens is 1. The molecular weight excluding hydrogens is 286 g/mol. The number of rotatable bonds is 2. The number of carbonyl (C=O) groups is 1. The van der Waals surface area contributed by atoms with Crippen molar-refractivity contribution >= 4 is 17.6 Å². The third-order valence-electron chi connectivity index (χ3n) is 4.06. The van der Waals surface area contributed by atoms with E-state index in [9.17, 15) is 9.90 Å². The molecule has 0 radical (unpaired) electrons. The molecule has 1 N–H and O–H groups in total. The van der Waals surface area contributed by atoms with E-state index >= 15 is 0 Å². The van der Waals surface area contributed by atoms with Gasteiger partial charge in [0, 0.05) is 11.3 Å². The third-order valence-corrected chi connectivity index (χ3v) is 4.56. The second-order valence-electron chi connectivity index (χ2n) is 5.45. The summed E-state index contributed by atoms with van der Waals surface area (Å²) in [6.45, 7) is 1.96. The molecule has 1 aliphatic rings. The van der Waals surface area contributed by atoms with Crippen LogP contribution < -0.4 is 0 Å². The lowest BCUT2D eigenvalue weighted by molar-refractivity contribution is -0.139. The average molecular weight is 302 g/mol. The zero-order valence-electron chi connectivity index (χ0n) is 11.8. The first kappa shape index (κ1) is 14.1. The predicted octanol–water partition coefficient (Wildman–Crippen LogP) is 4.21. The van der Waals surface area contributed by atoms with Crippen molar-refractivity contribution < 1.29 is 9.90 Å². The molecule has 1 unspecified atom stereocenters. The van der Waals surface area contributed by atoms with E-state index in [1.165, 1.54) is 0 Å². The molecular formula is C17H16ClNO2. The number of benzene rings is 1. The Hall–Kier alpha value is -1.87. The van der Waals surface area contributed by atoms with Crippen LogP contribution in [-0.4, -0.2) is 16.1 Å². The van der Waals surface area contributed by atoms with Gasteiger partial charge in [0.25, 0.3) is 0 Å². The maximum Gasteiger partial charge on any atom is 0.311 e. The molecule has 3 rings (SSSR count). The highest BCUT2D eigenvalue weighted by Crippen LogP contribution is 2.34. The number of carboxylic acids is 1. The molecule has 0 aliphatic heterocycles. The van der Waals surface area contributed by atoms with E-state index in [1.807, 2.05) is 37.3 Å². The van der Waals surface area contributed by atoms with Crippen LogP contribution in [0.4, 0.5) is 0 Å². The number of fused-ring (bicyclic) bond motifs is 1. The first-order valence-electron chi connectivity index (χ1n) is 7.06. The largest absolute Gasteiger partial charge is 0.481 e. The molecule has 0 saturated carbocycles. The van der Waals surface area contributed by atoms with Crippen molar-refractivity contribution in [2.24, 2.45) is 0 Å². The minimum absolute atomic E-state index is 0.428. The second kappa shape index (κ2) is 5.49. The minimum atomic E-state index is -0.765. The van der Waals surface area contributed by atoms with Gasteiger partial charge in [-0.25, -0.2) is 0 Å². The zero-order valence-corrected chi connectivity index (χ0v) is 12.5. The molecule has 0 spiro atoms. The van der Waals surface area contributed by atoms with Crippen LogP contribution in [-0.2, 0) is 11.2 Å². The topological polar surface area (TPSA) is 50.2 Å². The maximum absolute atomic E-state index is 11.3. The van der Waals surface area contributed by atoms with Gasteiger partial charge >= 0.3 is 5.97 Å². The lowest BCUT2D eigenvalue weighted by atomic mass is 9.85. The smallest absolute Gasteiger partial charge is 0.311 e. The fourth-order valence-corrected chi connectivity index (χ4v) is 3.13. The van der Waals surface area contributed by atoms with Gasteiger partial charge in [-0.3, -0.25) is 9.78 Å². The van der Waals surface area contributed by atoms with E-state index in [4.69, 9.17) is 11.6 Å². The van der Waals surface area contributed by atoms with Crippen molar-refractivity contribution in [3.63, 3.8) is 0 Å². The van der Waals surface area contributed by atoms with Crippen LogP contribution in [0.2, 0.25) is 5.02 Å². The molecule has 1 aliphatic carbocycles. The van der Waals surface area contributed by atoms with Gasteiger partial charge in [-0.1, -0.05) is 35.9 Å². The molecule has 2 aromatic rings. The van der Waals surface area contributed by atoms with Crippen LogP contribution >= 0.6 is 11.6 Å². The lowest BCUT2D eigenvalue weighted by Crippen LogP contribution is -2.19. The standard InChI is InChI=1S/C17H16ClNO2/c1-10-4-2-6-13(16(10)18)15-9-8-11-12(17(20)21)5-3-7-14(11)19-15/h2,4,6,8-9,12H,3,5,7H2,1H3,(H,20,21). The highest BCUT2D eigenvalue weighted by molar-refractivity contribution is 6.34. The molecule has 0 saturated heterocycles. The van der Waals surface area contributed by atoms with Gasteiger partial charge in [-0.15, -0.1) is 0 Å². The molecule has 0 bridgehead atoms. The Morgan fingerprint density at radius 3 is 2.90 bits per heavy atom. The van der Waals surface area contributed by atoms with Crippen molar-refractivity contribution in [3.8, 4) is 11.3 Å². The number of nitrogens with zero attached hydrogens (tertiary/aromatic N) is 1. The van der Waals surface area contributed by atoms with Gasteiger partial charge < -0.3 is 5.11 Å². The van der Waals surface area contributed by atoms with Crippen LogP contribution in [0.3, 0.4) is 0 Å². The Bertz CT molecular complexity index is 712. The van der Waals surface area contributed by atoms with Crippen LogP contribution in [0.25, 0.3) is 11.3 Å². The van der Waals surface area contributed by atoms with Crippen molar-refractivity contribution in [3.05, 3.63) is 52.2 Å².